The monoisotopic (exact) mass is 266 g/mol. The summed E-state index contributed by atoms with van der Waals surface area (Å²) < 4.78 is 5.63. The van der Waals surface area contributed by atoms with Crippen molar-refractivity contribution in [3.05, 3.63) is 23.7 Å². The van der Waals surface area contributed by atoms with Crippen LogP contribution < -0.4 is 5.32 Å². The van der Waals surface area contributed by atoms with Crippen molar-refractivity contribution in [3.63, 3.8) is 0 Å². The van der Waals surface area contributed by atoms with E-state index < -0.39 is 0 Å². The van der Waals surface area contributed by atoms with E-state index >= 15 is 0 Å². The molecule has 0 aliphatic carbocycles. The van der Waals surface area contributed by atoms with Crippen LogP contribution in [-0.2, 0) is 13.1 Å². The Balaban J connectivity index is 2.43. The average Bonchev–Trinajstić information content (AvgIpc) is 2.76. The van der Waals surface area contributed by atoms with Crippen LogP contribution in [0.2, 0.25) is 0 Å². The Hall–Kier alpha value is -0.800. The number of nitrogens with one attached hydrogen (secondary N) is 1. The number of nitrogens with zero attached hydrogens (tertiary/aromatic N) is 1. The fourth-order valence-corrected chi connectivity index (χ4v) is 2.13. The maximum Gasteiger partial charge on any atom is 0.122 e. The summed E-state index contributed by atoms with van der Waals surface area (Å²) in [5, 5.41) is 3.47. The fraction of sp³-hybridized carbons (Fsp3) is 0.750. The zero-order chi connectivity index (χ0) is 14.3. The van der Waals surface area contributed by atoms with Gasteiger partial charge in [-0.25, -0.2) is 0 Å². The standard InChI is InChI=1S/C16H30N2O/c1-6-14(4)11-18(5)12-16-15(7-8-19-16)10-17-9-13(2)3/h7-8,13-14,17H,6,9-12H2,1-5H3. The molecule has 1 aromatic heterocycles. The summed E-state index contributed by atoms with van der Waals surface area (Å²) in [7, 11) is 2.17. The summed E-state index contributed by atoms with van der Waals surface area (Å²) >= 11 is 0. The summed E-state index contributed by atoms with van der Waals surface area (Å²) in [5.74, 6) is 2.52. The third kappa shape index (κ3) is 6.26. The molecule has 1 rings (SSSR count). The molecule has 1 aromatic rings. The van der Waals surface area contributed by atoms with Crippen LogP contribution in [0.3, 0.4) is 0 Å². The highest BCUT2D eigenvalue weighted by atomic mass is 16.3. The molecule has 0 saturated heterocycles. The van der Waals surface area contributed by atoms with Gasteiger partial charge >= 0.3 is 0 Å². The minimum Gasteiger partial charge on any atom is -0.468 e. The number of hydrogen-bond donors (Lipinski definition) is 1. The largest absolute Gasteiger partial charge is 0.468 e. The van der Waals surface area contributed by atoms with Crippen molar-refractivity contribution < 1.29 is 4.42 Å². The molecule has 0 amide bonds. The zero-order valence-electron chi connectivity index (χ0n) is 13.2. The second-order valence-electron chi connectivity index (χ2n) is 6.10. The molecule has 0 fully saturated rings. The van der Waals surface area contributed by atoms with Crippen LogP contribution in [0.5, 0.6) is 0 Å². The summed E-state index contributed by atoms with van der Waals surface area (Å²) in [6, 6.07) is 2.08. The van der Waals surface area contributed by atoms with Gasteiger partial charge in [0.1, 0.15) is 5.76 Å². The second-order valence-corrected chi connectivity index (χ2v) is 6.10. The molecule has 0 spiro atoms. The first-order valence-corrected chi connectivity index (χ1v) is 7.47. The van der Waals surface area contributed by atoms with E-state index in [2.05, 4.69) is 51.0 Å². The highest BCUT2D eigenvalue weighted by Gasteiger charge is 2.11. The van der Waals surface area contributed by atoms with Crippen LogP contribution in [0.25, 0.3) is 0 Å². The lowest BCUT2D eigenvalue weighted by atomic mass is 10.1. The molecule has 0 aromatic carbocycles. The summed E-state index contributed by atoms with van der Waals surface area (Å²) in [5.41, 5.74) is 1.29. The normalized spacial score (nSPS) is 13.4. The molecule has 0 aliphatic heterocycles. The minimum atomic E-state index is 0.684. The molecule has 3 nitrogen and oxygen atoms in total. The van der Waals surface area contributed by atoms with E-state index in [4.69, 9.17) is 4.42 Å². The molecule has 0 radical (unpaired) electrons. The van der Waals surface area contributed by atoms with Crippen molar-refractivity contribution in [2.75, 3.05) is 20.1 Å². The lowest BCUT2D eigenvalue weighted by Gasteiger charge is -2.20. The molecule has 1 unspecified atom stereocenters. The fourth-order valence-electron chi connectivity index (χ4n) is 2.13. The van der Waals surface area contributed by atoms with E-state index in [9.17, 15) is 0 Å². The maximum atomic E-state index is 5.63. The van der Waals surface area contributed by atoms with Crippen molar-refractivity contribution in [1.82, 2.24) is 10.2 Å². The van der Waals surface area contributed by atoms with Crippen molar-refractivity contribution in [2.45, 2.75) is 47.2 Å². The Morgan fingerprint density at radius 3 is 2.68 bits per heavy atom. The van der Waals surface area contributed by atoms with Gasteiger partial charge < -0.3 is 9.73 Å². The van der Waals surface area contributed by atoms with Crippen molar-refractivity contribution in [1.29, 1.82) is 0 Å². The first-order valence-electron chi connectivity index (χ1n) is 7.47. The SMILES string of the molecule is CCC(C)CN(C)Cc1occc1CNCC(C)C. The van der Waals surface area contributed by atoms with Crippen molar-refractivity contribution in [3.8, 4) is 0 Å². The summed E-state index contributed by atoms with van der Waals surface area (Å²) in [4.78, 5) is 2.35. The number of hydrogen-bond acceptors (Lipinski definition) is 3. The third-order valence-electron chi connectivity index (χ3n) is 3.44. The van der Waals surface area contributed by atoms with Gasteiger partial charge in [0, 0.05) is 18.7 Å². The zero-order valence-corrected chi connectivity index (χ0v) is 13.2. The molecule has 1 atom stereocenters. The van der Waals surface area contributed by atoms with E-state index in [0.29, 0.717) is 5.92 Å². The Labute approximate surface area is 118 Å². The molecule has 0 bridgehead atoms. The van der Waals surface area contributed by atoms with Crippen LogP contribution in [0.15, 0.2) is 16.7 Å². The number of furan rings is 1. The van der Waals surface area contributed by atoms with Gasteiger partial charge in [-0.2, -0.15) is 0 Å². The Bertz CT molecular complexity index is 346. The lowest BCUT2D eigenvalue weighted by Crippen LogP contribution is -2.25. The van der Waals surface area contributed by atoms with Gasteiger partial charge in [0.15, 0.2) is 0 Å². The Morgan fingerprint density at radius 2 is 2.05 bits per heavy atom. The van der Waals surface area contributed by atoms with Crippen LogP contribution >= 0.6 is 0 Å². The summed E-state index contributed by atoms with van der Waals surface area (Å²) in [6.45, 7) is 13.0. The van der Waals surface area contributed by atoms with E-state index in [0.717, 1.165) is 37.9 Å². The average molecular weight is 266 g/mol. The molecule has 0 aliphatic rings. The van der Waals surface area contributed by atoms with E-state index in [1.54, 1.807) is 6.26 Å². The van der Waals surface area contributed by atoms with Crippen molar-refractivity contribution in [2.24, 2.45) is 11.8 Å². The predicted octanol–water partition coefficient (Wildman–Crippen LogP) is 3.50. The second kappa shape index (κ2) is 8.39. The van der Waals surface area contributed by atoms with Gasteiger partial charge in [-0.3, -0.25) is 4.90 Å². The molecule has 1 N–H and O–H groups in total. The van der Waals surface area contributed by atoms with Gasteiger partial charge in [0.2, 0.25) is 0 Å². The molecular weight excluding hydrogens is 236 g/mol. The molecular formula is C16H30N2O. The molecule has 110 valence electrons. The van der Waals surface area contributed by atoms with E-state index in [-0.39, 0.29) is 0 Å². The molecule has 3 heteroatoms. The molecule has 19 heavy (non-hydrogen) atoms. The van der Waals surface area contributed by atoms with Crippen LogP contribution in [-0.4, -0.2) is 25.0 Å². The molecule has 1 heterocycles. The third-order valence-corrected chi connectivity index (χ3v) is 3.44. The first kappa shape index (κ1) is 16.3. The first-order chi connectivity index (χ1) is 9.02. The van der Waals surface area contributed by atoms with Gasteiger partial charge in [-0.05, 0) is 31.5 Å². The highest BCUT2D eigenvalue weighted by molar-refractivity contribution is 5.16. The quantitative estimate of drug-likeness (QED) is 0.741. The lowest BCUT2D eigenvalue weighted by molar-refractivity contribution is 0.253. The van der Waals surface area contributed by atoms with E-state index in [1.165, 1.54) is 12.0 Å². The van der Waals surface area contributed by atoms with Crippen LogP contribution in [0, 0.1) is 11.8 Å². The van der Waals surface area contributed by atoms with Gasteiger partial charge in [-0.1, -0.05) is 34.1 Å². The maximum absolute atomic E-state index is 5.63. The van der Waals surface area contributed by atoms with E-state index in [1.807, 2.05) is 0 Å². The highest BCUT2D eigenvalue weighted by Crippen LogP contribution is 2.14. The van der Waals surface area contributed by atoms with Gasteiger partial charge in [0.05, 0.1) is 12.8 Å². The summed E-state index contributed by atoms with van der Waals surface area (Å²) in [6.07, 6.45) is 3.03. The van der Waals surface area contributed by atoms with Gasteiger partial charge in [0.25, 0.3) is 0 Å². The predicted molar refractivity (Wildman–Crippen MR) is 81.0 cm³/mol. The minimum absolute atomic E-state index is 0.684. The molecule has 0 saturated carbocycles. The topological polar surface area (TPSA) is 28.4 Å². The van der Waals surface area contributed by atoms with Gasteiger partial charge in [-0.15, -0.1) is 0 Å². The van der Waals surface area contributed by atoms with Crippen LogP contribution in [0.1, 0.15) is 45.4 Å². The van der Waals surface area contributed by atoms with Crippen molar-refractivity contribution >= 4 is 0 Å². The van der Waals surface area contributed by atoms with Crippen LogP contribution in [0.4, 0.5) is 0 Å². The number of rotatable bonds is 9. The Morgan fingerprint density at radius 1 is 1.32 bits per heavy atom. The smallest absolute Gasteiger partial charge is 0.122 e. The Kier molecular flexibility index (Phi) is 7.17.